The molecule has 0 atom stereocenters. The van der Waals surface area contributed by atoms with E-state index in [0.717, 1.165) is 29.5 Å². The van der Waals surface area contributed by atoms with E-state index in [1.807, 2.05) is 0 Å². The molecule has 0 unspecified atom stereocenters. The predicted octanol–water partition coefficient (Wildman–Crippen LogP) is 2.86. The zero-order valence-corrected chi connectivity index (χ0v) is 9.09. The van der Waals surface area contributed by atoms with E-state index in [-0.39, 0.29) is 16.5 Å². The SMILES string of the molecule is O=C(O)c1csc(Nc2cc(F)ccc2F)n1. The first kappa shape index (κ1) is 11.5. The molecule has 4 nitrogen and oxygen atoms in total. The molecule has 0 bridgehead atoms. The summed E-state index contributed by atoms with van der Waals surface area (Å²) < 4.78 is 26.1. The monoisotopic (exact) mass is 256 g/mol. The van der Waals surface area contributed by atoms with Crippen molar-refractivity contribution in [2.75, 3.05) is 5.32 Å². The number of thiazole rings is 1. The Labute approximate surface area is 98.6 Å². The number of anilines is 2. The van der Waals surface area contributed by atoms with Gasteiger partial charge in [-0.25, -0.2) is 18.6 Å². The second-order valence-corrected chi connectivity index (χ2v) is 3.95. The zero-order chi connectivity index (χ0) is 12.4. The summed E-state index contributed by atoms with van der Waals surface area (Å²) in [5.74, 6) is -2.41. The van der Waals surface area contributed by atoms with Gasteiger partial charge in [-0.05, 0) is 12.1 Å². The maximum atomic E-state index is 13.3. The molecule has 7 heteroatoms. The van der Waals surface area contributed by atoms with Crippen LogP contribution < -0.4 is 5.32 Å². The quantitative estimate of drug-likeness (QED) is 0.886. The highest BCUT2D eigenvalue weighted by Gasteiger charge is 2.10. The molecule has 17 heavy (non-hydrogen) atoms. The van der Waals surface area contributed by atoms with Crippen LogP contribution in [0.3, 0.4) is 0 Å². The number of benzene rings is 1. The third-order valence-electron chi connectivity index (χ3n) is 1.89. The van der Waals surface area contributed by atoms with E-state index in [4.69, 9.17) is 5.11 Å². The largest absolute Gasteiger partial charge is 0.476 e. The van der Waals surface area contributed by atoms with Gasteiger partial charge < -0.3 is 10.4 Å². The Morgan fingerprint density at radius 3 is 2.82 bits per heavy atom. The summed E-state index contributed by atoms with van der Waals surface area (Å²) in [5, 5.41) is 12.7. The summed E-state index contributed by atoms with van der Waals surface area (Å²) >= 11 is 0.995. The maximum absolute atomic E-state index is 13.3. The van der Waals surface area contributed by atoms with Crippen LogP contribution in [-0.4, -0.2) is 16.1 Å². The van der Waals surface area contributed by atoms with Crippen LogP contribution >= 0.6 is 11.3 Å². The number of hydrogen-bond acceptors (Lipinski definition) is 4. The molecule has 0 spiro atoms. The molecule has 0 fully saturated rings. The van der Waals surface area contributed by atoms with Crippen LogP contribution in [0.2, 0.25) is 0 Å². The number of carbonyl (C=O) groups is 1. The average Bonchev–Trinajstić information content (AvgIpc) is 2.72. The minimum Gasteiger partial charge on any atom is -0.476 e. The number of halogens is 2. The van der Waals surface area contributed by atoms with Crippen LogP contribution in [0.1, 0.15) is 10.5 Å². The van der Waals surface area contributed by atoms with Crippen LogP contribution in [0.15, 0.2) is 23.6 Å². The van der Waals surface area contributed by atoms with Crippen molar-refractivity contribution in [3.05, 3.63) is 40.9 Å². The molecule has 0 aliphatic rings. The number of nitrogens with one attached hydrogen (secondary N) is 1. The molecule has 1 heterocycles. The highest BCUT2D eigenvalue weighted by atomic mass is 32.1. The van der Waals surface area contributed by atoms with Crippen molar-refractivity contribution in [1.29, 1.82) is 0 Å². The van der Waals surface area contributed by atoms with Crippen LogP contribution in [0.4, 0.5) is 19.6 Å². The molecule has 2 rings (SSSR count). The van der Waals surface area contributed by atoms with E-state index in [0.29, 0.717) is 0 Å². The van der Waals surface area contributed by atoms with Gasteiger partial charge in [0.1, 0.15) is 11.6 Å². The third kappa shape index (κ3) is 2.56. The fourth-order valence-electron chi connectivity index (χ4n) is 1.14. The third-order valence-corrected chi connectivity index (χ3v) is 2.65. The van der Waals surface area contributed by atoms with Gasteiger partial charge in [0.25, 0.3) is 0 Å². The molecule has 1 aromatic heterocycles. The van der Waals surface area contributed by atoms with E-state index < -0.39 is 17.6 Å². The first-order valence-electron chi connectivity index (χ1n) is 4.47. The van der Waals surface area contributed by atoms with Crippen LogP contribution in [0.5, 0.6) is 0 Å². The maximum Gasteiger partial charge on any atom is 0.355 e. The highest BCUT2D eigenvalue weighted by molar-refractivity contribution is 7.14. The molecule has 2 N–H and O–H groups in total. The number of carboxylic acid groups (broad SMARTS) is 1. The van der Waals surface area contributed by atoms with Crippen molar-refractivity contribution < 1.29 is 18.7 Å². The average molecular weight is 256 g/mol. The number of aromatic carboxylic acids is 1. The Kier molecular flexibility index (Phi) is 3.01. The Balaban J connectivity index is 2.25. The Morgan fingerprint density at radius 1 is 1.41 bits per heavy atom. The minimum atomic E-state index is -1.17. The second-order valence-electron chi connectivity index (χ2n) is 3.09. The lowest BCUT2D eigenvalue weighted by Crippen LogP contribution is -1.98. The molecule has 0 saturated heterocycles. The topological polar surface area (TPSA) is 62.2 Å². The summed E-state index contributed by atoms with van der Waals surface area (Å²) in [4.78, 5) is 14.3. The molecule has 0 aliphatic carbocycles. The number of hydrogen-bond donors (Lipinski definition) is 2. The van der Waals surface area contributed by atoms with Gasteiger partial charge in [0, 0.05) is 11.4 Å². The van der Waals surface area contributed by atoms with Gasteiger partial charge in [0.2, 0.25) is 0 Å². The summed E-state index contributed by atoms with van der Waals surface area (Å²) in [6.07, 6.45) is 0. The van der Waals surface area contributed by atoms with Crippen LogP contribution in [0.25, 0.3) is 0 Å². The second kappa shape index (κ2) is 4.46. The fraction of sp³-hybridized carbons (Fsp3) is 0. The molecule has 1 aromatic carbocycles. The van der Waals surface area contributed by atoms with E-state index in [1.165, 1.54) is 5.38 Å². The van der Waals surface area contributed by atoms with Gasteiger partial charge in [-0.3, -0.25) is 0 Å². The molecule has 88 valence electrons. The van der Waals surface area contributed by atoms with Crippen molar-refractivity contribution in [2.24, 2.45) is 0 Å². The molecule has 0 radical (unpaired) electrons. The normalized spacial score (nSPS) is 10.2. The van der Waals surface area contributed by atoms with Crippen molar-refractivity contribution >= 4 is 28.1 Å². The van der Waals surface area contributed by atoms with Gasteiger partial charge in [-0.2, -0.15) is 0 Å². The van der Waals surface area contributed by atoms with Crippen molar-refractivity contribution in [2.45, 2.75) is 0 Å². The first-order chi connectivity index (χ1) is 8.06. The summed E-state index contributed by atoms with van der Waals surface area (Å²) in [6, 6.07) is 2.94. The van der Waals surface area contributed by atoms with Crippen molar-refractivity contribution in [3.63, 3.8) is 0 Å². The Bertz CT molecular complexity index is 571. The minimum absolute atomic E-state index is 0.0868. The predicted molar refractivity (Wildman–Crippen MR) is 58.7 cm³/mol. The van der Waals surface area contributed by atoms with Gasteiger partial charge in [-0.15, -0.1) is 11.3 Å². The van der Waals surface area contributed by atoms with Crippen LogP contribution in [-0.2, 0) is 0 Å². The number of nitrogens with zero attached hydrogens (tertiary/aromatic N) is 1. The van der Waals surface area contributed by atoms with Gasteiger partial charge in [0.15, 0.2) is 10.8 Å². The highest BCUT2D eigenvalue weighted by Crippen LogP contribution is 2.23. The number of aromatic nitrogens is 1. The smallest absolute Gasteiger partial charge is 0.355 e. The van der Waals surface area contributed by atoms with Gasteiger partial charge in [0.05, 0.1) is 5.69 Å². The zero-order valence-electron chi connectivity index (χ0n) is 8.28. The molecule has 2 aromatic rings. The molecule has 0 saturated carbocycles. The molecule has 0 amide bonds. The van der Waals surface area contributed by atoms with E-state index in [2.05, 4.69) is 10.3 Å². The molecular weight excluding hydrogens is 250 g/mol. The van der Waals surface area contributed by atoms with Gasteiger partial charge >= 0.3 is 5.97 Å². The fourth-order valence-corrected chi connectivity index (χ4v) is 1.83. The lowest BCUT2D eigenvalue weighted by Gasteiger charge is -2.03. The lowest BCUT2D eigenvalue weighted by molar-refractivity contribution is 0.0691. The van der Waals surface area contributed by atoms with Gasteiger partial charge in [-0.1, -0.05) is 0 Å². The lowest BCUT2D eigenvalue weighted by atomic mass is 10.3. The van der Waals surface area contributed by atoms with Crippen molar-refractivity contribution in [1.82, 2.24) is 4.98 Å². The Hall–Kier alpha value is -2.02. The summed E-state index contributed by atoms with van der Waals surface area (Å²) in [5.41, 5.74) is -0.231. The Morgan fingerprint density at radius 2 is 2.18 bits per heavy atom. The number of rotatable bonds is 3. The summed E-state index contributed by atoms with van der Waals surface area (Å²) in [6.45, 7) is 0. The van der Waals surface area contributed by atoms with Crippen LogP contribution in [0, 0.1) is 11.6 Å². The molecular formula is C10H6F2N2O2S. The van der Waals surface area contributed by atoms with E-state index in [1.54, 1.807) is 0 Å². The number of carboxylic acids is 1. The summed E-state index contributed by atoms with van der Waals surface area (Å²) in [7, 11) is 0. The van der Waals surface area contributed by atoms with Crippen molar-refractivity contribution in [3.8, 4) is 0 Å². The first-order valence-corrected chi connectivity index (χ1v) is 5.35. The van der Waals surface area contributed by atoms with E-state index >= 15 is 0 Å². The standard InChI is InChI=1S/C10H6F2N2O2S/c11-5-1-2-6(12)7(3-5)13-10-14-8(4-17-10)9(15)16/h1-4H,(H,13,14)(H,15,16). The molecule has 0 aliphatic heterocycles. The van der Waals surface area contributed by atoms with E-state index in [9.17, 15) is 13.6 Å².